The predicted molar refractivity (Wildman–Crippen MR) is 79.2 cm³/mol. The second kappa shape index (κ2) is 7.10. The molecule has 0 aromatic rings. The van der Waals surface area contributed by atoms with Crippen molar-refractivity contribution in [3.63, 3.8) is 0 Å². The molecule has 2 unspecified atom stereocenters. The van der Waals surface area contributed by atoms with Gasteiger partial charge in [-0.05, 0) is 39.5 Å². The fraction of sp³-hybridized carbons (Fsp3) is 0.765. The number of carbonyl (C=O) groups excluding carboxylic acids is 2. The monoisotopic (exact) mass is 292 g/mol. The van der Waals surface area contributed by atoms with Gasteiger partial charge in [0.2, 0.25) is 5.91 Å². The molecular formula is C17H26NO3-. The van der Waals surface area contributed by atoms with E-state index in [0.717, 1.165) is 36.8 Å². The van der Waals surface area contributed by atoms with E-state index in [1.807, 2.05) is 13.8 Å². The maximum absolute atomic E-state index is 12.5. The van der Waals surface area contributed by atoms with Gasteiger partial charge in [-0.15, -0.1) is 0 Å². The maximum atomic E-state index is 12.5. The van der Waals surface area contributed by atoms with E-state index in [-0.39, 0.29) is 11.9 Å². The lowest BCUT2D eigenvalue weighted by atomic mass is 9.76. The van der Waals surface area contributed by atoms with Gasteiger partial charge in [-0.3, -0.25) is 4.79 Å². The third-order valence-corrected chi connectivity index (χ3v) is 5.11. The molecule has 0 saturated heterocycles. The number of carbonyl (C=O) groups is 2. The molecule has 0 spiro atoms. The summed E-state index contributed by atoms with van der Waals surface area (Å²) in [4.78, 5) is 23.9. The van der Waals surface area contributed by atoms with Crippen LogP contribution in [0.5, 0.6) is 0 Å². The first-order valence-electron chi connectivity index (χ1n) is 8.15. The normalized spacial score (nSPS) is 28.1. The number of aliphatic carboxylic acids is 1. The van der Waals surface area contributed by atoms with Crippen LogP contribution in [0.2, 0.25) is 0 Å². The van der Waals surface area contributed by atoms with Gasteiger partial charge in [0.05, 0.1) is 0 Å². The third kappa shape index (κ3) is 4.08. The van der Waals surface area contributed by atoms with Gasteiger partial charge >= 0.3 is 0 Å². The molecule has 0 bridgehead atoms. The van der Waals surface area contributed by atoms with Crippen molar-refractivity contribution in [1.82, 2.24) is 5.32 Å². The van der Waals surface area contributed by atoms with Crippen LogP contribution in [0.25, 0.3) is 0 Å². The van der Waals surface area contributed by atoms with Crippen LogP contribution in [-0.4, -0.2) is 17.9 Å². The molecule has 1 amide bonds. The Bertz CT molecular complexity index is 433. The van der Waals surface area contributed by atoms with Crippen LogP contribution in [0, 0.1) is 11.8 Å². The number of allylic oxidation sites excluding steroid dienone is 2. The van der Waals surface area contributed by atoms with Crippen LogP contribution in [0.3, 0.4) is 0 Å². The van der Waals surface area contributed by atoms with E-state index in [2.05, 4.69) is 5.32 Å². The second-order valence-electron chi connectivity index (χ2n) is 6.70. The zero-order valence-electron chi connectivity index (χ0n) is 13.1. The van der Waals surface area contributed by atoms with Crippen LogP contribution in [-0.2, 0) is 9.59 Å². The standard InChI is InChI=1S/C17H27NO3/c1-11-9-14(15(17(20)21)10-12(11)2)16(19)18-13-7-5-3-4-6-8-13/h13-15H,3-10H2,1-2H3,(H,18,19)(H,20,21)/p-1. The average molecular weight is 292 g/mol. The molecular weight excluding hydrogens is 266 g/mol. The quantitative estimate of drug-likeness (QED) is 0.638. The number of carboxylic acids is 1. The Morgan fingerprint density at radius 2 is 1.48 bits per heavy atom. The van der Waals surface area contributed by atoms with E-state index in [4.69, 9.17) is 0 Å². The van der Waals surface area contributed by atoms with Gasteiger partial charge in [-0.2, -0.15) is 0 Å². The van der Waals surface area contributed by atoms with Crippen molar-refractivity contribution in [3.8, 4) is 0 Å². The topological polar surface area (TPSA) is 69.2 Å². The molecule has 1 fully saturated rings. The van der Waals surface area contributed by atoms with Gasteiger partial charge in [0, 0.05) is 23.8 Å². The fourth-order valence-electron chi connectivity index (χ4n) is 3.55. The SMILES string of the molecule is CC1=C(C)CC(C(=O)NC2CCCCCC2)C(C(=O)[O-])C1. The zero-order valence-corrected chi connectivity index (χ0v) is 13.1. The number of hydrogen-bond acceptors (Lipinski definition) is 3. The minimum absolute atomic E-state index is 0.0945. The summed E-state index contributed by atoms with van der Waals surface area (Å²) in [5, 5.41) is 14.5. The second-order valence-corrected chi connectivity index (χ2v) is 6.70. The Labute approximate surface area is 127 Å². The van der Waals surface area contributed by atoms with E-state index >= 15 is 0 Å². The van der Waals surface area contributed by atoms with Crippen molar-refractivity contribution in [2.45, 2.75) is 71.3 Å². The van der Waals surface area contributed by atoms with E-state index in [0.29, 0.717) is 12.8 Å². The summed E-state index contributed by atoms with van der Waals surface area (Å²) < 4.78 is 0. The van der Waals surface area contributed by atoms with Crippen molar-refractivity contribution in [1.29, 1.82) is 0 Å². The number of rotatable bonds is 3. The molecule has 0 aliphatic heterocycles. The highest BCUT2D eigenvalue weighted by Gasteiger charge is 2.34. The smallest absolute Gasteiger partial charge is 0.224 e. The summed E-state index contributed by atoms with van der Waals surface area (Å²) in [5.74, 6) is -2.34. The van der Waals surface area contributed by atoms with Crippen LogP contribution < -0.4 is 10.4 Å². The Balaban J connectivity index is 2.03. The predicted octanol–water partition coefficient (Wildman–Crippen LogP) is 1.94. The number of nitrogens with one attached hydrogen (secondary N) is 1. The lowest BCUT2D eigenvalue weighted by molar-refractivity contribution is -0.313. The molecule has 0 heterocycles. The minimum atomic E-state index is -1.09. The molecule has 0 radical (unpaired) electrons. The molecule has 4 nitrogen and oxygen atoms in total. The van der Waals surface area contributed by atoms with Gasteiger partial charge in [0.25, 0.3) is 0 Å². The molecule has 118 valence electrons. The first kappa shape index (κ1) is 16.1. The first-order chi connectivity index (χ1) is 9.99. The van der Waals surface area contributed by atoms with E-state index < -0.39 is 17.8 Å². The summed E-state index contributed by atoms with van der Waals surface area (Å²) >= 11 is 0. The maximum Gasteiger partial charge on any atom is 0.224 e. The average Bonchev–Trinajstić information content (AvgIpc) is 2.69. The van der Waals surface area contributed by atoms with Gasteiger partial charge in [0.1, 0.15) is 0 Å². The third-order valence-electron chi connectivity index (χ3n) is 5.11. The Morgan fingerprint density at radius 1 is 0.952 bits per heavy atom. The molecule has 2 aliphatic rings. The molecule has 4 heteroatoms. The Hall–Kier alpha value is -1.32. The van der Waals surface area contributed by atoms with E-state index in [9.17, 15) is 14.7 Å². The zero-order chi connectivity index (χ0) is 15.4. The van der Waals surface area contributed by atoms with Gasteiger partial charge in [-0.1, -0.05) is 36.8 Å². The van der Waals surface area contributed by atoms with Gasteiger partial charge < -0.3 is 15.2 Å². The highest BCUT2D eigenvalue weighted by molar-refractivity contribution is 5.85. The van der Waals surface area contributed by atoms with Gasteiger partial charge in [-0.25, -0.2) is 0 Å². The highest BCUT2D eigenvalue weighted by Crippen LogP contribution is 2.34. The fourth-order valence-corrected chi connectivity index (χ4v) is 3.55. The van der Waals surface area contributed by atoms with Gasteiger partial charge in [0.15, 0.2) is 0 Å². The molecule has 2 aliphatic carbocycles. The molecule has 0 aromatic heterocycles. The summed E-state index contributed by atoms with van der Waals surface area (Å²) in [6.45, 7) is 3.94. The van der Waals surface area contributed by atoms with Crippen LogP contribution >= 0.6 is 0 Å². The summed E-state index contributed by atoms with van der Waals surface area (Å²) in [7, 11) is 0. The Kier molecular flexibility index (Phi) is 5.43. The first-order valence-corrected chi connectivity index (χ1v) is 8.15. The van der Waals surface area contributed by atoms with Crippen molar-refractivity contribution >= 4 is 11.9 Å². The Morgan fingerprint density at radius 3 is 2.00 bits per heavy atom. The van der Waals surface area contributed by atoms with Crippen LogP contribution in [0.15, 0.2) is 11.1 Å². The summed E-state index contributed by atoms with van der Waals surface area (Å²) in [6.07, 6.45) is 7.79. The van der Waals surface area contributed by atoms with E-state index in [1.165, 1.54) is 12.8 Å². The summed E-state index contributed by atoms with van der Waals surface area (Å²) in [6, 6.07) is 0.217. The highest BCUT2D eigenvalue weighted by atomic mass is 16.4. The lowest BCUT2D eigenvalue weighted by Crippen LogP contribution is -2.47. The minimum Gasteiger partial charge on any atom is -0.550 e. The molecule has 1 N–H and O–H groups in total. The van der Waals surface area contributed by atoms with E-state index in [1.54, 1.807) is 0 Å². The van der Waals surface area contributed by atoms with Crippen molar-refractivity contribution in [2.24, 2.45) is 11.8 Å². The van der Waals surface area contributed by atoms with Crippen molar-refractivity contribution in [2.75, 3.05) is 0 Å². The van der Waals surface area contributed by atoms with Crippen molar-refractivity contribution < 1.29 is 14.7 Å². The summed E-state index contributed by atoms with van der Waals surface area (Å²) in [5.41, 5.74) is 2.23. The number of amides is 1. The van der Waals surface area contributed by atoms with Crippen molar-refractivity contribution in [3.05, 3.63) is 11.1 Å². The molecule has 2 atom stereocenters. The van der Waals surface area contributed by atoms with Crippen LogP contribution in [0.1, 0.15) is 65.2 Å². The number of carboxylic acid groups (broad SMARTS) is 1. The lowest BCUT2D eigenvalue weighted by Gasteiger charge is -2.33. The largest absolute Gasteiger partial charge is 0.550 e. The molecule has 21 heavy (non-hydrogen) atoms. The molecule has 1 saturated carbocycles. The molecule has 0 aromatic carbocycles. The van der Waals surface area contributed by atoms with Crippen LogP contribution in [0.4, 0.5) is 0 Å². The molecule has 2 rings (SSSR count). The number of hydrogen-bond donors (Lipinski definition) is 1.